The summed E-state index contributed by atoms with van der Waals surface area (Å²) in [6.45, 7) is 3.06. The summed E-state index contributed by atoms with van der Waals surface area (Å²) in [7, 11) is 0. The summed E-state index contributed by atoms with van der Waals surface area (Å²) in [6.07, 6.45) is 10.5. The molecule has 2 N–H and O–H groups in total. The number of thioether (sulfide) groups is 1. The Morgan fingerprint density at radius 2 is 2.36 bits per heavy atom. The van der Waals surface area contributed by atoms with Gasteiger partial charge in [-0.05, 0) is 44.3 Å². The van der Waals surface area contributed by atoms with Gasteiger partial charge in [0.25, 0.3) is 0 Å². The fourth-order valence-corrected chi connectivity index (χ4v) is 4.82. The molecule has 0 aromatic carbocycles. The van der Waals surface area contributed by atoms with Gasteiger partial charge in [-0.15, -0.1) is 0 Å². The van der Waals surface area contributed by atoms with E-state index in [9.17, 15) is 4.79 Å². The maximum Gasteiger partial charge on any atom is 0.318 e. The lowest BCUT2D eigenvalue weighted by Gasteiger charge is -2.36. The molecular formula is C16H26N4OS. The molecule has 2 heterocycles. The van der Waals surface area contributed by atoms with E-state index in [4.69, 9.17) is 0 Å². The van der Waals surface area contributed by atoms with E-state index in [0.717, 1.165) is 43.0 Å². The topological polar surface area (TPSA) is 61.0 Å². The second-order valence-electron chi connectivity index (χ2n) is 6.27. The Labute approximate surface area is 136 Å². The average Bonchev–Trinajstić information content (AvgIpc) is 3.19. The first-order chi connectivity index (χ1) is 10.8. The highest BCUT2D eigenvalue weighted by Gasteiger charge is 2.32. The largest absolute Gasteiger partial charge is 0.335 e. The fourth-order valence-electron chi connectivity index (χ4n) is 3.68. The third kappa shape index (κ3) is 3.59. The molecule has 3 rings (SSSR count). The second kappa shape index (κ2) is 7.40. The predicted molar refractivity (Wildman–Crippen MR) is 90.0 cm³/mol. The van der Waals surface area contributed by atoms with Gasteiger partial charge in [-0.3, -0.25) is 5.10 Å². The van der Waals surface area contributed by atoms with Crippen molar-refractivity contribution in [2.24, 2.45) is 0 Å². The lowest BCUT2D eigenvalue weighted by Crippen LogP contribution is -2.47. The molecule has 0 radical (unpaired) electrons. The number of amides is 2. The monoisotopic (exact) mass is 322 g/mol. The van der Waals surface area contributed by atoms with Crippen LogP contribution in [0.4, 0.5) is 4.79 Å². The summed E-state index contributed by atoms with van der Waals surface area (Å²) >= 11 is 2.03. The highest BCUT2D eigenvalue weighted by Crippen LogP contribution is 2.32. The minimum Gasteiger partial charge on any atom is -0.335 e. The summed E-state index contributed by atoms with van der Waals surface area (Å²) in [5.74, 6) is 1.17. The number of nitrogens with one attached hydrogen (secondary N) is 2. The van der Waals surface area contributed by atoms with Gasteiger partial charge in [-0.2, -0.15) is 16.9 Å². The van der Waals surface area contributed by atoms with Crippen molar-refractivity contribution in [1.82, 2.24) is 20.4 Å². The minimum absolute atomic E-state index is 0.109. The van der Waals surface area contributed by atoms with Crippen LogP contribution in [0.25, 0.3) is 0 Å². The molecule has 2 aliphatic rings. The van der Waals surface area contributed by atoms with Crippen LogP contribution in [0.15, 0.2) is 12.4 Å². The van der Waals surface area contributed by atoms with Gasteiger partial charge in [-0.1, -0.05) is 6.92 Å². The predicted octanol–water partition coefficient (Wildman–Crippen LogP) is 3.32. The van der Waals surface area contributed by atoms with E-state index < -0.39 is 0 Å². The average molecular weight is 322 g/mol. The first kappa shape index (κ1) is 15.7. The molecule has 1 aromatic rings. The number of piperidine rings is 1. The minimum atomic E-state index is 0.109. The molecule has 2 fully saturated rings. The number of likely N-dealkylation sites (tertiary alicyclic amines) is 1. The van der Waals surface area contributed by atoms with E-state index >= 15 is 0 Å². The van der Waals surface area contributed by atoms with Gasteiger partial charge >= 0.3 is 6.03 Å². The molecule has 6 heteroatoms. The summed E-state index contributed by atoms with van der Waals surface area (Å²) < 4.78 is 0. The SMILES string of the molecule is CCSC1CCC(NC(=O)N2CCCCC2c2cn[nH]c2)C1. The summed E-state index contributed by atoms with van der Waals surface area (Å²) in [5.41, 5.74) is 1.13. The highest BCUT2D eigenvalue weighted by atomic mass is 32.2. The molecule has 122 valence electrons. The van der Waals surface area contributed by atoms with Crippen LogP contribution in [0.5, 0.6) is 0 Å². The summed E-state index contributed by atoms with van der Waals surface area (Å²) in [4.78, 5) is 14.7. The molecule has 0 spiro atoms. The first-order valence-corrected chi connectivity index (χ1v) is 9.50. The number of hydrogen-bond acceptors (Lipinski definition) is 3. The van der Waals surface area contributed by atoms with Crippen molar-refractivity contribution in [2.75, 3.05) is 12.3 Å². The molecule has 22 heavy (non-hydrogen) atoms. The summed E-state index contributed by atoms with van der Waals surface area (Å²) in [6, 6.07) is 0.635. The summed E-state index contributed by atoms with van der Waals surface area (Å²) in [5, 5.41) is 10.9. The standard InChI is InChI=1S/C16H26N4OS/c1-2-22-14-7-6-13(9-14)19-16(21)20-8-4-3-5-15(20)12-10-17-18-11-12/h10-11,13-15H,2-9H2,1H3,(H,17,18)(H,19,21). The molecule has 1 aliphatic heterocycles. The highest BCUT2D eigenvalue weighted by molar-refractivity contribution is 7.99. The Bertz CT molecular complexity index is 479. The number of aromatic nitrogens is 2. The van der Waals surface area contributed by atoms with E-state index in [1.807, 2.05) is 29.1 Å². The lowest BCUT2D eigenvalue weighted by molar-refractivity contribution is 0.148. The van der Waals surface area contributed by atoms with E-state index in [1.54, 1.807) is 0 Å². The van der Waals surface area contributed by atoms with Crippen molar-refractivity contribution < 1.29 is 4.79 Å². The molecular weight excluding hydrogens is 296 g/mol. The van der Waals surface area contributed by atoms with Crippen molar-refractivity contribution in [1.29, 1.82) is 0 Å². The Balaban J connectivity index is 1.58. The second-order valence-corrected chi connectivity index (χ2v) is 7.85. The van der Waals surface area contributed by atoms with Crippen LogP contribution in [0, 0.1) is 0 Å². The molecule has 1 saturated carbocycles. The zero-order valence-corrected chi connectivity index (χ0v) is 14.1. The number of hydrogen-bond donors (Lipinski definition) is 2. The Kier molecular flexibility index (Phi) is 5.28. The normalized spacial score (nSPS) is 28.8. The lowest BCUT2D eigenvalue weighted by atomic mass is 9.98. The molecule has 1 aliphatic carbocycles. The van der Waals surface area contributed by atoms with E-state index in [2.05, 4.69) is 22.4 Å². The smallest absolute Gasteiger partial charge is 0.318 e. The van der Waals surface area contributed by atoms with Crippen molar-refractivity contribution in [3.8, 4) is 0 Å². The number of carbonyl (C=O) groups is 1. The first-order valence-electron chi connectivity index (χ1n) is 8.45. The van der Waals surface area contributed by atoms with Crippen molar-refractivity contribution in [2.45, 2.75) is 62.8 Å². The number of rotatable bonds is 4. The van der Waals surface area contributed by atoms with Crippen LogP contribution >= 0.6 is 11.8 Å². The van der Waals surface area contributed by atoms with Crippen LogP contribution < -0.4 is 5.32 Å². The van der Waals surface area contributed by atoms with Crippen LogP contribution in [0.3, 0.4) is 0 Å². The van der Waals surface area contributed by atoms with Gasteiger partial charge in [0.1, 0.15) is 0 Å². The number of nitrogens with zero attached hydrogens (tertiary/aromatic N) is 2. The molecule has 3 unspecified atom stereocenters. The third-order valence-electron chi connectivity index (χ3n) is 4.78. The molecule has 2 amide bonds. The van der Waals surface area contributed by atoms with Crippen LogP contribution in [0.1, 0.15) is 57.1 Å². The van der Waals surface area contributed by atoms with Gasteiger partial charge in [0.15, 0.2) is 0 Å². The molecule has 0 bridgehead atoms. The number of urea groups is 1. The quantitative estimate of drug-likeness (QED) is 0.894. The van der Waals surface area contributed by atoms with E-state index in [0.29, 0.717) is 6.04 Å². The van der Waals surface area contributed by atoms with E-state index in [1.165, 1.54) is 18.6 Å². The third-order valence-corrected chi connectivity index (χ3v) is 6.02. The van der Waals surface area contributed by atoms with Gasteiger partial charge in [0.2, 0.25) is 0 Å². The van der Waals surface area contributed by atoms with Gasteiger partial charge in [0, 0.05) is 29.6 Å². The maximum absolute atomic E-state index is 12.7. The Morgan fingerprint density at radius 1 is 1.45 bits per heavy atom. The van der Waals surface area contributed by atoms with Crippen molar-refractivity contribution in [3.63, 3.8) is 0 Å². The number of carbonyl (C=O) groups excluding carboxylic acids is 1. The molecule has 1 aromatic heterocycles. The Hall–Kier alpha value is -1.17. The molecule has 1 saturated heterocycles. The number of aromatic amines is 1. The zero-order chi connectivity index (χ0) is 15.4. The van der Waals surface area contributed by atoms with Gasteiger partial charge in [-0.25, -0.2) is 4.79 Å². The molecule has 5 nitrogen and oxygen atoms in total. The molecule has 3 atom stereocenters. The maximum atomic E-state index is 12.7. The van der Waals surface area contributed by atoms with E-state index in [-0.39, 0.29) is 12.1 Å². The van der Waals surface area contributed by atoms with Crippen LogP contribution in [0.2, 0.25) is 0 Å². The van der Waals surface area contributed by atoms with Gasteiger partial charge < -0.3 is 10.2 Å². The van der Waals surface area contributed by atoms with Crippen LogP contribution in [-0.2, 0) is 0 Å². The van der Waals surface area contributed by atoms with Crippen molar-refractivity contribution >= 4 is 17.8 Å². The fraction of sp³-hybridized carbons (Fsp3) is 0.750. The van der Waals surface area contributed by atoms with Crippen molar-refractivity contribution in [3.05, 3.63) is 18.0 Å². The zero-order valence-electron chi connectivity index (χ0n) is 13.3. The van der Waals surface area contributed by atoms with Gasteiger partial charge in [0.05, 0.1) is 12.2 Å². The number of H-pyrrole nitrogens is 1. The Morgan fingerprint density at radius 3 is 3.14 bits per heavy atom. The van der Waals surface area contributed by atoms with Crippen LogP contribution in [-0.4, -0.2) is 44.7 Å².